The van der Waals surface area contributed by atoms with Gasteiger partial charge in [0.15, 0.2) is 5.17 Å². The molecule has 0 aromatic heterocycles. The van der Waals surface area contributed by atoms with E-state index in [1.54, 1.807) is 13.0 Å². The lowest BCUT2D eigenvalue weighted by Crippen LogP contribution is -2.42. The second-order valence-electron chi connectivity index (χ2n) is 8.05. The van der Waals surface area contributed by atoms with Crippen LogP contribution >= 0.6 is 11.8 Å². The third-order valence-electron chi connectivity index (χ3n) is 5.14. The zero-order valence-electron chi connectivity index (χ0n) is 19.4. The van der Waals surface area contributed by atoms with Crippen LogP contribution in [0.1, 0.15) is 43.4 Å². The summed E-state index contributed by atoms with van der Waals surface area (Å²) in [5.41, 5.74) is 4.10. The molecule has 7 nitrogen and oxygen atoms in total. The number of amides is 4. The minimum Gasteiger partial charge on any atom is -0.341 e. The summed E-state index contributed by atoms with van der Waals surface area (Å²) in [5.74, 6) is -0.325. The van der Waals surface area contributed by atoms with E-state index in [4.69, 9.17) is 0 Å². The quantitative estimate of drug-likeness (QED) is 0.640. The van der Waals surface area contributed by atoms with Crippen molar-refractivity contribution < 1.29 is 14.4 Å². The van der Waals surface area contributed by atoms with Crippen LogP contribution in [-0.4, -0.2) is 35.3 Å². The molecule has 2 aromatic carbocycles. The van der Waals surface area contributed by atoms with Gasteiger partial charge in [-0.2, -0.15) is 0 Å². The summed E-state index contributed by atoms with van der Waals surface area (Å²) >= 11 is 1.12. The van der Waals surface area contributed by atoms with Gasteiger partial charge in [0.25, 0.3) is 5.91 Å². The van der Waals surface area contributed by atoms with Crippen LogP contribution in [0.2, 0.25) is 0 Å². The number of amidine groups is 1. The molecule has 2 aromatic rings. The van der Waals surface area contributed by atoms with Gasteiger partial charge in [-0.25, -0.2) is 9.79 Å². The number of urea groups is 1. The topological polar surface area (TPSA) is 90.9 Å². The van der Waals surface area contributed by atoms with Gasteiger partial charge in [-0.05, 0) is 49.1 Å². The molecule has 0 saturated carbocycles. The maximum Gasteiger partial charge on any atom is 0.321 e. The predicted molar refractivity (Wildman–Crippen MR) is 134 cm³/mol. The molecule has 3 rings (SSSR count). The van der Waals surface area contributed by atoms with Crippen LogP contribution < -0.4 is 15.5 Å². The highest BCUT2D eigenvalue weighted by molar-refractivity contribution is 8.15. The van der Waals surface area contributed by atoms with Crippen molar-refractivity contribution in [2.45, 2.75) is 38.9 Å². The van der Waals surface area contributed by atoms with E-state index in [2.05, 4.69) is 29.5 Å². The van der Waals surface area contributed by atoms with Crippen LogP contribution in [0.4, 0.5) is 10.5 Å². The Morgan fingerprint density at radius 3 is 2.24 bits per heavy atom. The Labute approximate surface area is 198 Å². The van der Waals surface area contributed by atoms with E-state index >= 15 is 0 Å². The molecule has 172 valence electrons. The lowest BCUT2D eigenvalue weighted by Gasteiger charge is -2.20. The molecule has 0 saturated heterocycles. The molecule has 8 heteroatoms. The SMILES string of the molecule is CNC(=O)NC(=O)C(C)SC1=N/C(=C\c2ccc(C(C)C)cc2)C(=O)N1c1ccc(C)cc1. The predicted octanol–water partition coefficient (Wildman–Crippen LogP) is 4.44. The standard InChI is InChI=1S/C25H28N4O3S/c1-15(2)19-10-8-18(9-11-19)14-21-23(31)29(20-12-6-16(3)7-13-20)25(27-21)33-17(4)22(30)28-24(32)26-5/h6-15,17H,1-5H3,(H2,26,28,30,32)/b21-14-. The van der Waals surface area contributed by atoms with Crippen LogP contribution in [0.3, 0.4) is 0 Å². The van der Waals surface area contributed by atoms with Crippen LogP contribution in [0.15, 0.2) is 59.2 Å². The fraction of sp³-hybridized carbons (Fsp3) is 0.280. The highest BCUT2D eigenvalue weighted by Crippen LogP contribution is 2.31. The average molecular weight is 465 g/mol. The normalized spacial score (nSPS) is 15.6. The van der Waals surface area contributed by atoms with Gasteiger partial charge in [-0.3, -0.25) is 19.8 Å². The Hall–Kier alpha value is -3.39. The Morgan fingerprint density at radius 2 is 1.67 bits per heavy atom. The van der Waals surface area contributed by atoms with Crippen molar-refractivity contribution in [3.8, 4) is 0 Å². The van der Waals surface area contributed by atoms with Crippen LogP contribution in [0.25, 0.3) is 6.08 Å². The minimum atomic E-state index is -0.647. The number of nitrogens with one attached hydrogen (secondary N) is 2. The minimum absolute atomic E-state index is 0.270. The molecule has 1 aliphatic rings. The summed E-state index contributed by atoms with van der Waals surface area (Å²) < 4.78 is 0. The van der Waals surface area contributed by atoms with Crippen LogP contribution in [-0.2, 0) is 9.59 Å². The Morgan fingerprint density at radius 1 is 1.03 bits per heavy atom. The second-order valence-corrected chi connectivity index (χ2v) is 9.36. The number of thioether (sulfide) groups is 1. The number of aliphatic imine (C=N–C) groups is 1. The third-order valence-corrected chi connectivity index (χ3v) is 6.20. The maximum absolute atomic E-state index is 13.3. The molecular weight excluding hydrogens is 436 g/mol. The monoisotopic (exact) mass is 464 g/mol. The van der Waals surface area contributed by atoms with Gasteiger partial charge in [-0.1, -0.05) is 67.6 Å². The second kappa shape index (κ2) is 10.5. The molecule has 33 heavy (non-hydrogen) atoms. The summed E-state index contributed by atoms with van der Waals surface area (Å²) in [7, 11) is 1.43. The van der Waals surface area contributed by atoms with Crippen molar-refractivity contribution in [3.05, 3.63) is 70.9 Å². The number of carbonyl (C=O) groups excluding carboxylic acids is 3. The largest absolute Gasteiger partial charge is 0.341 e. The van der Waals surface area contributed by atoms with E-state index < -0.39 is 17.2 Å². The van der Waals surface area contributed by atoms with Gasteiger partial charge in [0.2, 0.25) is 5.91 Å². The number of benzene rings is 2. The molecule has 1 atom stereocenters. The highest BCUT2D eigenvalue weighted by Gasteiger charge is 2.34. The lowest BCUT2D eigenvalue weighted by molar-refractivity contribution is -0.119. The number of imide groups is 1. The van der Waals surface area contributed by atoms with E-state index in [-0.39, 0.29) is 11.6 Å². The van der Waals surface area contributed by atoms with Gasteiger partial charge in [-0.15, -0.1) is 0 Å². The number of rotatable bonds is 5. The first kappa shape index (κ1) is 24.3. The van der Waals surface area contributed by atoms with Crippen LogP contribution in [0, 0.1) is 6.92 Å². The Bertz CT molecular complexity index is 1110. The van der Waals surface area contributed by atoms with Gasteiger partial charge in [0.05, 0.1) is 10.9 Å². The van der Waals surface area contributed by atoms with Crippen molar-refractivity contribution in [2.75, 3.05) is 11.9 Å². The van der Waals surface area contributed by atoms with Gasteiger partial charge in [0.1, 0.15) is 5.70 Å². The van der Waals surface area contributed by atoms with Gasteiger partial charge >= 0.3 is 6.03 Å². The molecule has 0 bridgehead atoms. The smallest absolute Gasteiger partial charge is 0.321 e. The summed E-state index contributed by atoms with van der Waals surface area (Å²) in [6.45, 7) is 7.89. The summed E-state index contributed by atoms with van der Waals surface area (Å²) in [4.78, 5) is 43.2. The highest BCUT2D eigenvalue weighted by atomic mass is 32.2. The molecular formula is C25H28N4O3S. The molecule has 0 fully saturated rings. The van der Waals surface area contributed by atoms with E-state index in [0.29, 0.717) is 16.8 Å². The van der Waals surface area contributed by atoms with E-state index in [0.717, 1.165) is 22.9 Å². The fourth-order valence-corrected chi connectivity index (χ4v) is 4.05. The number of carbonyl (C=O) groups is 3. The van der Waals surface area contributed by atoms with E-state index in [1.807, 2.05) is 55.5 Å². The van der Waals surface area contributed by atoms with Crippen molar-refractivity contribution >= 4 is 46.5 Å². The van der Waals surface area contributed by atoms with Crippen molar-refractivity contribution in [1.29, 1.82) is 0 Å². The average Bonchev–Trinajstić information content (AvgIpc) is 3.09. The summed E-state index contributed by atoms with van der Waals surface area (Å²) in [6.07, 6.45) is 1.75. The van der Waals surface area contributed by atoms with E-state index in [9.17, 15) is 14.4 Å². The third kappa shape index (κ3) is 5.90. The number of aryl methyl sites for hydroxylation is 1. The zero-order valence-corrected chi connectivity index (χ0v) is 20.2. The Balaban J connectivity index is 1.92. The maximum atomic E-state index is 13.3. The summed E-state index contributed by atoms with van der Waals surface area (Å²) in [6, 6.07) is 14.9. The zero-order chi connectivity index (χ0) is 24.1. The first-order chi connectivity index (χ1) is 15.7. The Kier molecular flexibility index (Phi) is 7.71. The number of hydrogen-bond acceptors (Lipinski definition) is 5. The molecule has 1 heterocycles. The van der Waals surface area contributed by atoms with Crippen molar-refractivity contribution in [2.24, 2.45) is 4.99 Å². The molecule has 1 unspecified atom stereocenters. The van der Waals surface area contributed by atoms with Gasteiger partial charge < -0.3 is 5.32 Å². The molecule has 0 aliphatic carbocycles. The van der Waals surface area contributed by atoms with Crippen LogP contribution in [0.5, 0.6) is 0 Å². The van der Waals surface area contributed by atoms with Crippen molar-refractivity contribution in [1.82, 2.24) is 10.6 Å². The molecule has 0 spiro atoms. The van der Waals surface area contributed by atoms with Crippen molar-refractivity contribution in [3.63, 3.8) is 0 Å². The van der Waals surface area contributed by atoms with Gasteiger partial charge in [0, 0.05) is 7.05 Å². The fourth-order valence-electron chi connectivity index (χ4n) is 3.12. The number of nitrogens with zero attached hydrogens (tertiary/aromatic N) is 2. The first-order valence-corrected chi connectivity index (χ1v) is 11.6. The molecule has 0 radical (unpaired) electrons. The number of hydrogen-bond donors (Lipinski definition) is 2. The molecule has 2 N–H and O–H groups in total. The van der Waals surface area contributed by atoms with E-state index in [1.165, 1.54) is 17.5 Å². The first-order valence-electron chi connectivity index (χ1n) is 10.7. The molecule has 4 amide bonds. The summed E-state index contributed by atoms with van der Waals surface area (Å²) in [5, 5.41) is 4.35. The molecule has 1 aliphatic heterocycles. The number of anilines is 1. The lowest BCUT2D eigenvalue weighted by atomic mass is 10.0.